The highest BCUT2D eigenvalue weighted by Crippen LogP contribution is 2.47. The Morgan fingerprint density at radius 3 is 2.07 bits per heavy atom. The molecule has 15 heavy (non-hydrogen) atoms. The maximum atomic E-state index is 2.46. The van der Waals surface area contributed by atoms with Gasteiger partial charge in [0.1, 0.15) is 0 Å². The molecule has 0 radical (unpaired) electrons. The number of fused-ring (bicyclic) bond motifs is 1. The van der Waals surface area contributed by atoms with Gasteiger partial charge in [0.2, 0.25) is 0 Å². The summed E-state index contributed by atoms with van der Waals surface area (Å²) in [5.41, 5.74) is 0.665. The lowest BCUT2D eigenvalue weighted by Gasteiger charge is -2.43. The van der Waals surface area contributed by atoms with Gasteiger partial charge in [-0.05, 0) is 36.5 Å². The van der Waals surface area contributed by atoms with Crippen LogP contribution < -0.4 is 0 Å². The van der Waals surface area contributed by atoms with E-state index in [-0.39, 0.29) is 10.3 Å². The van der Waals surface area contributed by atoms with Crippen molar-refractivity contribution in [1.29, 1.82) is 0 Å². The van der Waals surface area contributed by atoms with Crippen molar-refractivity contribution in [2.45, 2.75) is 80.1 Å². The highest BCUT2D eigenvalue weighted by Gasteiger charge is 2.35. The van der Waals surface area contributed by atoms with Crippen LogP contribution >= 0.6 is 0 Å². The Balaban J connectivity index is -0.000000373. The third kappa shape index (κ3) is 4.17. The molecule has 0 saturated heterocycles. The summed E-state index contributed by atoms with van der Waals surface area (Å²) in [6, 6.07) is 0. The van der Waals surface area contributed by atoms with Gasteiger partial charge in [-0.15, -0.1) is 0 Å². The van der Waals surface area contributed by atoms with E-state index in [9.17, 15) is 0 Å². The van der Waals surface area contributed by atoms with Crippen LogP contribution in [-0.4, -0.2) is 0 Å². The number of hydrogen-bond donors (Lipinski definition) is 0. The Labute approximate surface area is 101 Å². The molecule has 0 aromatic carbocycles. The van der Waals surface area contributed by atoms with Gasteiger partial charge in [-0.25, -0.2) is 0 Å². The van der Waals surface area contributed by atoms with E-state index in [0.29, 0.717) is 5.41 Å². The quantitative estimate of drug-likeness (QED) is 0.455. The average molecular weight is 216 g/mol. The van der Waals surface area contributed by atoms with Gasteiger partial charge >= 0.3 is 0 Å². The molecule has 0 spiro atoms. The fraction of sp³-hybridized carbons (Fsp3) is 1.00. The maximum Gasteiger partial charge on any atom is 0 e. The van der Waals surface area contributed by atoms with Crippen LogP contribution in [-0.2, 0) is 0 Å². The van der Waals surface area contributed by atoms with Gasteiger partial charge < -0.3 is 0 Å². The third-order valence-corrected chi connectivity index (χ3v) is 4.07. The predicted molar refractivity (Wildman–Crippen MR) is 75.4 cm³/mol. The first kappa shape index (κ1) is 15.0. The summed E-state index contributed by atoms with van der Waals surface area (Å²) in [5, 5.41) is 0. The van der Waals surface area contributed by atoms with Crippen LogP contribution in [0, 0.1) is 17.3 Å². The van der Waals surface area contributed by atoms with Crippen LogP contribution in [0.3, 0.4) is 0 Å². The van der Waals surface area contributed by atoms with Gasteiger partial charge in [-0.2, -0.15) is 0 Å². The Morgan fingerprint density at radius 1 is 0.933 bits per heavy atom. The number of rotatable bonds is 0. The molecule has 0 bridgehead atoms. The molecule has 0 aromatic rings. The van der Waals surface area contributed by atoms with Crippen molar-refractivity contribution in [2.24, 2.45) is 17.3 Å². The molecule has 0 nitrogen and oxygen atoms in total. The first-order valence-electron chi connectivity index (χ1n) is 6.67. The summed E-state index contributed by atoms with van der Waals surface area (Å²) in [7, 11) is 0. The first-order valence-corrected chi connectivity index (χ1v) is 6.67. The smallest absolute Gasteiger partial charge is 0 e. The van der Waals surface area contributed by atoms with Gasteiger partial charge in [0.05, 0.1) is 0 Å². The van der Waals surface area contributed by atoms with E-state index < -0.39 is 0 Å². The van der Waals surface area contributed by atoms with E-state index in [1.165, 1.54) is 38.5 Å². The lowest BCUT2D eigenvalue weighted by molar-refractivity contribution is 0.0833. The molecule has 0 heterocycles. The SMILES string of the molecule is C.CC.CC1(C)CCC2CCCCC2C1.[HH].[HH]. The molecule has 96 valence electrons. The summed E-state index contributed by atoms with van der Waals surface area (Å²) >= 11 is 0. The molecule has 2 unspecified atom stereocenters. The van der Waals surface area contributed by atoms with Crippen LogP contribution in [0.1, 0.15) is 82.9 Å². The van der Waals surface area contributed by atoms with Crippen molar-refractivity contribution in [3.63, 3.8) is 0 Å². The molecule has 0 amide bonds. The molecule has 2 rings (SSSR count). The van der Waals surface area contributed by atoms with E-state index in [1.807, 2.05) is 13.8 Å². The monoisotopic (exact) mass is 216 g/mol. The van der Waals surface area contributed by atoms with Crippen LogP contribution in [0.2, 0.25) is 0 Å². The van der Waals surface area contributed by atoms with Gasteiger partial charge in [0.15, 0.2) is 0 Å². The van der Waals surface area contributed by atoms with Gasteiger partial charge in [0.25, 0.3) is 0 Å². The molecule has 2 aliphatic rings. The second-order valence-electron chi connectivity index (χ2n) is 5.71. The van der Waals surface area contributed by atoms with Crippen LogP contribution in [0.15, 0.2) is 0 Å². The van der Waals surface area contributed by atoms with Crippen molar-refractivity contribution >= 4 is 0 Å². The van der Waals surface area contributed by atoms with E-state index in [4.69, 9.17) is 0 Å². The molecule has 2 fully saturated rings. The zero-order valence-electron chi connectivity index (χ0n) is 10.6. The molecule has 0 aromatic heterocycles. The average Bonchev–Trinajstić information content (AvgIpc) is 2.19. The van der Waals surface area contributed by atoms with Crippen LogP contribution in [0.4, 0.5) is 0 Å². The largest absolute Gasteiger partial charge is 0.0776 e. The van der Waals surface area contributed by atoms with Gasteiger partial charge in [0, 0.05) is 2.85 Å². The van der Waals surface area contributed by atoms with Crippen molar-refractivity contribution < 1.29 is 2.85 Å². The molecular formula is C15H36. The van der Waals surface area contributed by atoms with Crippen molar-refractivity contribution in [1.82, 2.24) is 0 Å². The zero-order chi connectivity index (χ0) is 10.6. The molecular weight excluding hydrogens is 180 g/mol. The predicted octanol–water partition coefficient (Wildman–Crippen LogP) is 6.16. The topological polar surface area (TPSA) is 0 Å². The Bertz CT molecular complexity index is 166. The molecule has 0 heteroatoms. The van der Waals surface area contributed by atoms with Crippen molar-refractivity contribution in [3.05, 3.63) is 0 Å². The normalized spacial score (nSPS) is 32.8. The first-order chi connectivity index (χ1) is 6.67. The summed E-state index contributed by atoms with van der Waals surface area (Å²) in [6.07, 6.45) is 10.6. The van der Waals surface area contributed by atoms with Gasteiger partial charge in [-0.1, -0.05) is 60.8 Å². The fourth-order valence-corrected chi connectivity index (χ4v) is 3.32. The lowest BCUT2D eigenvalue weighted by Crippen LogP contribution is -2.31. The fourth-order valence-electron chi connectivity index (χ4n) is 3.32. The van der Waals surface area contributed by atoms with Crippen molar-refractivity contribution in [3.8, 4) is 0 Å². The zero-order valence-corrected chi connectivity index (χ0v) is 10.6. The van der Waals surface area contributed by atoms with Crippen LogP contribution in [0.5, 0.6) is 0 Å². The summed E-state index contributed by atoms with van der Waals surface area (Å²) in [6.45, 7) is 8.91. The highest BCUT2D eigenvalue weighted by molar-refractivity contribution is 4.86. The Morgan fingerprint density at radius 2 is 1.47 bits per heavy atom. The van der Waals surface area contributed by atoms with E-state index in [1.54, 1.807) is 6.42 Å². The molecule has 0 N–H and O–H groups in total. The van der Waals surface area contributed by atoms with Crippen molar-refractivity contribution in [2.75, 3.05) is 0 Å². The van der Waals surface area contributed by atoms with E-state index >= 15 is 0 Å². The summed E-state index contributed by atoms with van der Waals surface area (Å²) in [4.78, 5) is 0. The molecule has 0 aliphatic heterocycles. The maximum absolute atomic E-state index is 2.46. The minimum atomic E-state index is 0. The number of hydrogen-bond acceptors (Lipinski definition) is 0. The molecule has 2 atom stereocenters. The summed E-state index contributed by atoms with van der Waals surface area (Å²) in [5.74, 6) is 2.22. The van der Waals surface area contributed by atoms with Crippen LogP contribution in [0.25, 0.3) is 0 Å². The second kappa shape index (κ2) is 6.55. The molecule has 2 saturated carbocycles. The lowest BCUT2D eigenvalue weighted by atomic mass is 9.63. The summed E-state index contributed by atoms with van der Waals surface area (Å²) < 4.78 is 0. The Hall–Kier alpha value is 0. The minimum Gasteiger partial charge on any atom is -0.0776 e. The standard InChI is InChI=1S/C12H22.C2H6.CH4.2H2/c1-12(2)8-7-10-5-3-4-6-11(10)9-12;1-2;;;/h10-11H,3-9H2,1-2H3;1-2H3;1H4;2*1H. The third-order valence-electron chi connectivity index (χ3n) is 4.07. The van der Waals surface area contributed by atoms with E-state index in [0.717, 1.165) is 11.8 Å². The highest BCUT2D eigenvalue weighted by atomic mass is 14.4. The van der Waals surface area contributed by atoms with Gasteiger partial charge in [-0.3, -0.25) is 0 Å². The minimum absolute atomic E-state index is 0. The second-order valence-corrected chi connectivity index (χ2v) is 5.71. The molecule has 2 aliphatic carbocycles. The van der Waals surface area contributed by atoms with E-state index in [2.05, 4.69) is 13.8 Å². The Kier molecular flexibility index (Phi) is 6.55.